The molecule has 0 radical (unpaired) electrons. The molecule has 1 aromatic heterocycles. The number of piperidine rings is 1. The Hall–Kier alpha value is -2.45. The summed E-state index contributed by atoms with van der Waals surface area (Å²) in [5.74, 6) is -0.551. The van der Waals surface area contributed by atoms with Gasteiger partial charge in [0, 0.05) is 36.0 Å². The molecule has 2 atom stereocenters. The topological polar surface area (TPSA) is 64.4 Å². The number of halogens is 1. The zero-order valence-corrected chi connectivity index (χ0v) is 19.0. The number of likely N-dealkylation sites (tertiary alicyclic amines) is 1. The molecule has 0 spiro atoms. The minimum absolute atomic E-state index is 0.0266. The average Bonchev–Trinajstić information content (AvgIpc) is 3.53. The van der Waals surface area contributed by atoms with Crippen LogP contribution in [0, 0.1) is 11.7 Å². The summed E-state index contributed by atoms with van der Waals surface area (Å²) in [6.45, 7) is 3.33. The number of aromatic nitrogens is 2. The van der Waals surface area contributed by atoms with Gasteiger partial charge in [0.05, 0.1) is 18.3 Å². The van der Waals surface area contributed by atoms with E-state index in [1.54, 1.807) is 31.3 Å². The van der Waals surface area contributed by atoms with Crippen LogP contribution in [0.3, 0.4) is 0 Å². The Labute approximate surface area is 192 Å². The number of Topliss-reactive ketones (excluding diaryl/α,β-unsaturated/α-hetero) is 1. The van der Waals surface area contributed by atoms with E-state index in [2.05, 4.69) is 10.00 Å². The van der Waals surface area contributed by atoms with Gasteiger partial charge in [-0.3, -0.25) is 19.2 Å². The molecule has 4 rings (SSSR count). The van der Waals surface area contributed by atoms with Crippen molar-refractivity contribution >= 4 is 30.5 Å². The highest BCUT2D eigenvalue weighted by Crippen LogP contribution is 2.39. The van der Waals surface area contributed by atoms with Crippen molar-refractivity contribution < 1.29 is 18.7 Å². The lowest BCUT2D eigenvalue weighted by Gasteiger charge is -2.37. The van der Waals surface area contributed by atoms with Crippen LogP contribution in [0.15, 0.2) is 42.1 Å². The van der Waals surface area contributed by atoms with Crippen LogP contribution in [-0.2, 0) is 20.9 Å². The molecule has 1 aliphatic carbocycles. The van der Waals surface area contributed by atoms with Crippen molar-refractivity contribution in [3.63, 3.8) is 0 Å². The zero-order chi connectivity index (χ0) is 22.7. The highest BCUT2D eigenvalue weighted by Gasteiger charge is 2.40. The Bertz CT molecular complexity index is 1020. The number of esters is 1. The third-order valence-electron chi connectivity index (χ3n) is 5.91. The van der Waals surface area contributed by atoms with Gasteiger partial charge in [0.15, 0.2) is 5.78 Å². The minimum Gasteiger partial charge on any atom is -0.465 e. The van der Waals surface area contributed by atoms with Gasteiger partial charge >= 0.3 is 5.97 Å². The molecule has 32 heavy (non-hydrogen) atoms. The Morgan fingerprint density at radius 2 is 2.06 bits per heavy atom. The summed E-state index contributed by atoms with van der Waals surface area (Å²) >= 11 is 4.74. The molecule has 2 heterocycles. The fourth-order valence-corrected chi connectivity index (χ4v) is 4.42. The van der Waals surface area contributed by atoms with Gasteiger partial charge < -0.3 is 4.74 Å². The lowest BCUT2D eigenvalue weighted by molar-refractivity contribution is -0.144. The van der Waals surface area contributed by atoms with Gasteiger partial charge in [0.1, 0.15) is 12.4 Å². The molecule has 0 N–H and O–H groups in total. The number of carbonyl (C=O) groups excluding carboxylic acids is 2. The van der Waals surface area contributed by atoms with E-state index in [9.17, 15) is 14.0 Å². The second kappa shape index (κ2) is 10.0. The average molecular weight is 458 g/mol. The monoisotopic (exact) mass is 457 g/mol. The maximum atomic E-state index is 14.7. The first-order chi connectivity index (χ1) is 15.5. The zero-order valence-electron chi connectivity index (χ0n) is 18.1. The van der Waals surface area contributed by atoms with Gasteiger partial charge in [-0.25, -0.2) is 4.39 Å². The van der Waals surface area contributed by atoms with Crippen molar-refractivity contribution in [2.24, 2.45) is 5.92 Å². The van der Waals surface area contributed by atoms with Crippen LogP contribution < -0.4 is 0 Å². The van der Waals surface area contributed by atoms with Crippen molar-refractivity contribution in [1.82, 2.24) is 14.7 Å². The van der Waals surface area contributed by atoms with Gasteiger partial charge in [-0.1, -0.05) is 18.2 Å². The summed E-state index contributed by atoms with van der Waals surface area (Å²) in [6, 6.07) is 7.80. The van der Waals surface area contributed by atoms with E-state index >= 15 is 0 Å². The molecule has 0 amide bonds. The molecular weight excluding hydrogens is 429 g/mol. The van der Waals surface area contributed by atoms with Crippen molar-refractivity contribution in [1.29, 1.82) is 0 Å². The number of hydrogen-bond donors (Lipinski definition) is 1. The number of carbonyl (C=O) groups is 2. The molecule has 2 aliphatic rings. The highest BCUT2D eigenvalue weighted by atomic mass is 32.1. The van der Waals surface area contributed by atoms with Gasteiger partial charge in [-0.15, -0.1) is 0 Å². The van der Waals surface area contributed by atoms with Crippen LogP contribution in [0.4, 0.5) is 4.39 Å². The van der Waals surface area contributed by atoms with Crippen LogP contribution >= 0.6 is 12.6 Å². The standard InChI is InChI=1S/C24H28FN3O3S/c1-2-31-22(29)15-28-12-9-18(26-28)13-17-14-27(11-10-21(17)32)23(24(30)16-7-8-16)19-5-3-4-6-20(19)25/h3-6,9,12-13,16,21,23,32H,2,7-8,10-11,14-15H2,1H3. The molecule has 1 saturated carbocycles. The van der Waals surface area contributed by atoms with E-state index in [0.717, 1.165) is 24.8 Å². The quantitative estimate of drug-likeness (QED) is 0.484. The Morgan fingerprint density at radius 3 is 2.78 bits per heavy atom. The predicted molar refractivity (Wildman–Crippen MR) is 123 cm³/mol. The van der Waals surface area contributed by atoms with Crippen molar-refractivity contribution in [3.05, 3.63) is 59.2 Å². The second-order valence-corrected chi connectivity index (χ2v) is 8.96. The fourth-order valence-electron chi connectivity index (χ4n) is 4.14. The second-order valence-electron chi connectivity index (χ2n) is 8.34. The molecule has 2 aromatic rings. The first kappa shape index (κ1) is 22.7. The summed E-state index contributed by atoms with van der Waals surface area (Å²) in [5, 5.41) is 4.46. The molecule has 2 fully saturated rings. The number of rotatable bonds is 8. The smallest absolute Gasteiger partial charge is 0.327 e. The highest BCUT2D eigenvalue weighted by molar-refractivity contribution is 7.81. The normalized spacial score (nSPS) is 21.5. The first-order valence-electron chi connectivity index (χ1n) is 11.1. The summed E-state index contributed by atoms with van der Waals surface area (Å²) in [5.41, 5.74) is 2.17. The van der Waals surface area contributed by atoms with E-state index in [1.165, 1.54) is 10.7 Å². The van der Waals surface area contributed by atoms with E-state index in [0.29, 0.717) is 31.0 Å². The molecule has 1 saturated heterocycles. The predicted octanol–water partition coefficient (Wildman–Crippen LogP) is 3.69. The maximum Gasteiger partial charge on any atom is 0.327 e. The van der Waals surface area contributed by atoms with Gasteiger partial charge in [0.2, 0.25) is 0 Å². The Balaban J connectivity index is 1.55. The number of nitrogens with zero attached hydrogens (tertiary/aromatic N) is 3. The maximum absolute atomic E-state index is 14.7. The molecule has 8 heteroatoms. The van der Waals surface area contributed by atoms with Crippen molar-refractivity contribution in [3.8, 4) is 0 Å². The Morgan fingerprint density at radius 1 is 1.28 bits per heavy atom. The SMILES string of the molecule is CCOC(=O)Cn1ccc(C=C2CN(C(C(=O)C3CC3)c3ccccc3F)CCC2S)n1. The molecule has 1 aromatic carbocycles. The molecule has 1 aliphatic heterocycles. The van der Waals surface area contributed by atoms with E-state index in [-0.39, 0.29) is 35.3 Å². The van der Waals surface area contributed by atoms with Crippen LogP contribution in [0.5, 0.6) is 0 Å². The third kappa shape index (κ3) is 5.30. The molecule has 170 valence electrons. The van der Waals surface area contributed by atoms with E-state index < -0.39 is 6.04 Å². The summed E-state index contributed by atoms with van der Waals surface area (Å²) in [6.07, 6.45) is 6.20. The lowest BCUT2D eigenvalue weighted by atomic mass is 9.93. The van der Waals surface area contributed by atoms with E-state index in [1.807, 2.05) is 12.1 Å². The number of ketones is 1. The number of hydrogen-bond acceptors (Lipinski definition) is 6. The van der Waals surface area contributed by atoms with Crippen LogP contribution in [0.1, 0.15) is 43.5 Å². The summed E-state index contributed by atoms with van der Waals surface area (Å²) in [7, 11) is 0. The van der Waals surface area contributed by atoms with Gasteiger partial charge in [0.25, 0.3) is 0 Å². The van der Waals surface area contributed by atoms with Crippen LogP contribution in [0.25, 0.3) is 6.08 Å². The molecule has 0 bridgehead atoms. The third-order valence-corrected chi connectivity index (χ3v) is 6.50. The van der Waals surface area contributed by atoms with E-state index in [4.69, 9.17) is 17.4 Å². The largest absolute Gasteiger partial charge is 0.465 e. The first-order valence-corrected chi connectivity index (χ1v) is 11.6. The van der Waals surface area contributed by atoms with Crippen LogP contribution in [0.2, 0.25) is 0 Å². The van der Waals surface area contributed by atoms with Crippen molar-refractivity contribution in [2.45, 2.75) is 44.0 Å². The summed E-state index contributed by atoms with van der Waals surface area (Å²) < 4.78 is 21.2. The minimum atomic E-state index is -0.589. The van der Waals surface area contributed by atoms with Crippen molar-refractivity contribution in [2.75, 3.05) is 19.7 Å². The lowest BCUT2D eigenvalue weighted by Crippen LogP contribution is -2.42. The number of ether oxygens (including phenoxy) is 1. The van der Waals surface area contributed by atoms with Gasteiger partial charge in [-0.05, 0) is 50.0 Å². The number of thiol groups is 1. The van der Waals surface area contributed by atoms with Crippen LogP contribution in [-0.4, -0.2) is 51.4 Å². The molecule has 2 unspecified atom stereocenters. The Kier molecular flexibility index (Phi) is 7.10. The van der Waals surface area contributed by atoms with Gasteiger partial charge in [-0.2, -0.15) is 17.7 Å². The fraction of sp³-hybridized carbons (Fsp3) is 0.458. The summed E-state index contributed by atoms with van der Waals surface area (Å²) in [4.78, 5) is 26.9. The molecule has 6 nitrogen and oxygen atoms in total. The number of benzene rings is 1. The molecular formula is C24H28FN3O3S.